The van der Waals surface area contributed by atoms with Crippen LogP contribution in [0.3, 0.4) is 0 Å². The maximum atomic E-state index is 13.8. The molecule has 2 amide bonds. The molecule has 2 aromatic rings. The van der Waals surface area contributed by atoms with Gasteiger partial charge >= 0.3 is 6.09 Å². The number of rotatable bonds is 3. The molecule has 0 radical (unpaired) electrons. The lowest BCUT2D eigenvalue weighted by Gasteiger charge is -2.19. The van der Waals surface area contributed by atoms with E-state index in [1.54, 1.807) is 45.0 Å². The molecule has 0 spiro atoms. The highest BCUT2D eigenvalue weighted by molar-refractivity contribution is 9.10. The molecule has 25 heavy (non-hydrogen) atoms. The summed E-state index contributed by atoms with van der Waals surface area (Å²) < 4.78 is 19.6. The molecule has 0 fully saturated rings. The van der Waals surface area contributed by atoms with Crippen molar-refractivity contribution in [3.8, 4) is 0 Å². The van der Waals surface area contributed by atoms with E-state index >= 15 is 0 Å². The minimum Gasteiger partial charge on any atom is -0.444 e. The van der Waals surface area contributed by atoms with Gasteiger partial charge in [-0.25, -0.2) is 9.18 Å². The molecular weight excluding hydrogens is 391 g/mol. The first kappa shape index (κ1) is 18.9. The van der Waals surface area contributed by atoms with Crippen LogP contribution in [0.2, 0.25) is 0 Å². The predicted octanol–water partition coefficient (Wildman–Crippen LogP) is 5.19. The first-order valence-corrected chi connectivity index (χ1v) is 8.30. The summed E-state index contributed by atoms with van der Waals surface area (Å²) in [5, 5.41) is 5.05. The number of carbonyl (C=O) groups excluding carboxylic acids is 2. The minimum atomic E-state index is -0.627. The second-order valence-corrected chi connectivity index (χ2v) is 7.20. The zero-order valence-corrected chi connectivity index (χ0v) is 15.6. The van der Waals surface area contributed by atoms with E-state index in [0.29, 0.717) is 10.2 Å². The van der Waals surface area contributed by atoms with Crippen LogP contribution in [0, 0.1) is 5.82 Å². The molecule has 2 N–H and O–H groups in total. The molecule has 0 aliphatic heterocycles. The molecule has 2 aromatic carbocycles. The lowest BCUT2D eigenvalue weighted by atomic mass is 10.2. The molecule has 7 heteroatoms. The minimum absolute atomic E-state index is 0.0682. The summed E-state index contributed by atoms with van der Waals surface area (Å²) in [7, 11) is 0. The summed E-state index contributed by atoms with van der Waals surface area (Å²) in [5.74, 6) is -1.04. The maximum Gasteiger partial charge on any atom is 0.412 e. The number of halogens is 2. The molecule has 0 aliphatic carbocycles. The third-order valence-electron chi connectivity index (χ3n) is 2.95. The van der Waals surface area contributed by atoms with Crippen molar-refractivity contribution < 1.29 is 18.7 Å². The van der Waals surface area contributed by atoms with E-state index in [9.17, 15) is 14.0 Å². The highest BCUT2D eigenvalue weighted by atomic mass is 79.9. The predicted molar refractivity (Wildman–Crippen MR) is 98.4 cm³/mol. The Kier molecular flexibility index (Phi) is 5.79. The van der Waals surface area contributed by atoms with Crippen LogP contribution in [0.15, 0.2) is 46.9 Å². The number of carbonyl (C=O) groups is 2. The van der Waals surface area contributed by atoms with Gasteiger partial charge in [-0.05, 0) is 57.2 Å². The third kappa shape index (κ3) is 5.86. The second kappa shape index (κ2) is 7.65. The summed E-state index contributed by atoms with van der Waals surface area (Å²) in [5.41, 5.74) is 0.116. The van der Waals surface area contributed by atoms with Gasteiger partial charge in [-0.15, -0.1) is 0 Å². The highest BCUT2D eigenvalue weighted by Gasteiger charge is 2.17. The van der Waals surface area contributed by atoms with Crippen LogP contribution in [-0.2, 0) is 4.74 Å². The van der Waals surface area contributed by atoms with Crippen molar-refractivity contribution in [3.05, 3.63) is 58.3 Å². The number of hydrogen-bond acceptors (Lipinski definition) is 3. The zero-order chi connectivity index (χ0) is 18.6. The summed E-state index contributed by atoms with van der Waals surface area (Å²) in [6.07, 6.45) is -0.621. The van der Waals surface area contributed by atoms with E-state index in [1.807, 2.05) is 0 Å². The average molecular weight is 409 g/mol. The molecule has 2 rings (SSSR count). The fourth-order valence-corrected chi connectivity index (χ4v) is 2.28. The SMILES string of the molecule is CC(C)(C)OC(=O)Nc1cccc(C(=O)Nc2ccc(Br)cc2F)c1. The number of amides is 2. The average Bonchev–Trinajstić information content (AvgIpc) is 2.48. The van der Waals surface area contributed by atoms with E-state index in [4.69, 9.17) is 4.74 Å². The van der Waals surface area contributed by atoms with Crippen LogP contribution in [0.5, 0.6) is 0 Å². The number of nitrogens with one attached hydrogen (secondary N) is 2. The Labute approximate surface area is 153 Å². The molecule has 0 bridgehead atoms. The Morgan fingerprint density at radius 1 is 1.08 bits per heavy atom. The topological polar surface area (TPSA) is 67.4 Å². The molecule has 0 saturated heterocycles. The number of hydrogen-bond donors (Lipinski definition) is 2. The zero-order valence-electron chi connectivity index (χ0n) is 14.0. The van der Waals surface area contributed by atoms with Gasteiger partial charge in [0.25, 0.3) is 5.91 Å². The van der Waals surface area contributed by atoms with Gasteiger partial charge in [0.15, 0.2) is 0 Å². The third-order valence-corrected chi connectivity index (χ3v) is 3.44. The van der Waals surface area contributed by atoms with Crippen molar-refractivity contribution in [1.29, 1.82) is 0 Å². The van der Waals surface area contributed by atoms with Crippen molar-refractivity contribution in [2.45, 2.75) is 26.4 Å². The Morgan fingerprint density at radius 3 is 2.44 bits per heavy atom. The Bertz CT molecular complexity index is 803. The number of anilines is 2. The maximum absolute atomic E-state index is 13.8. The monoisotopic (exact) mass is 408 g/mol. The first-order valence-electron chi connectivity index (χ1n) is 7.50. The van der Waals surface area contributed by atoms with Crippen LogP contribution in [0.1, 0.15) is 31.1 Å². The van der Waals surface area contributed by atoms with Gasteiger partial charge in [0.2, 0.25) is 0 Å². The van der Waals surface area contributed by atoms with Crippen molar-refractivity contribution in [2.24, 2.45) is 0 Å². The summed E-state index contributed by atoms with van der Waals surface area (Å²) in [6.45, 7) is 5.26. The van der Waals surface area contributed by atoms with Crippen LogP contribution >= 0.6 is 15.9 Å². The van der Waals surface area contributed by atoms with Gasteiger partial charge in [-0.3, -0.25) is 10.1 Å². The lowest BCUT2D eigenvalue weighted by Crippen LogP contribution is -2.27. The summed E-state index contributed by atoms with van der Waals surface area (Å²) >= 11 is 3.16. The van der Waals surface area contributed by atoms with Gasteiger partial charge in [0.05, 0.1) is 5.69 Å². The van der Waals surface area contributed by atoms with Crippen LogP contribution < -0.4 is 10.6 Å². The Balaban J connectivity index is 2.09. The van der Waals surface area contributed by atoms with E-state index in [2.05, 4.69) is 26.6 Å². The van der Waals surface area contributed by atoms with Crippen molar-refractivity contribution in [1.82, 2.24) is 0 Å². The molecule has 0 unspecified atom stereocenters. The Hall–Kier alpha value is -2.41. The normalized spacial score (nSPS) is 10.9. The van der Waals surface area contributed by atoms with Gasteiger partial charge < -0.3 is 10.1 Å². The number of benzene rings is 2. The molecule has 0 heterocycles. The van der Waals surface area contributed by atoms with Gasteiger partial charge in [0.1, 0.15) is 11.4 Å². The lowest BCUT2D eigenvalue weighted by molar-refractivity contribution is 0.0635. The number of ether oxygens (including phenoxy) is 1. The molecule has 0 saturated carbocycles. The van der Waals surface area contributed by atoms with Gasteiger partial charge in [-0.2, -0.15) is 0 Å². The van der Waals surface area contributed by atoms with Crippen molar-refractivity contribution in [3.63, 3.8) is 0 Å². The van der Waals surface area contributed by atoms with Crippen LogP contribution in [0.25, 0.3) is 0 Å². The molecule has 0 aliphatic rings. The Morgan fingerprint density at radius 2 is 1.80 bits per heavy atom. The molecule has 0 aromatic heterocycles. The first-order chi connectivity index (χ1) is 11.6. The molecule has 0 atom stereocenters. The van der Waals surface area contributed by atoms with E-state index in [1.165, 1.54) is 18.2 Å². The second-order valence-electron chi connectivity index (χ2n) is 6.29. The van der Waals surface area contributed by atoms with E-state index in [0.717, 1.165) is 0 Å². The van der Waals surface area contributed by atoms with E-state index in [-0.39, 0.29) is 11.3 Å². The standard InChI is InChI=1S/C18H18BrFN2O3/c1-18(2,3)25-17(24)21-13-6-4-5-11(9-13)16(23)22-15-8-7-12(19)10-14(15)20/h4-10H,1-3H3,(H,21,24)(H,22,23). The van der Waals surface area contributed by atoms with Gasteiger partial charge in [-0.1, -0.05) is 22.0 Å². The molecule has 132 valence electrons. The van der Waals surface area contributed by atoms with Gasteiger partial charge in [0, 0.05) is 15.7 Å². The summed E-state index contributed by atoms with van der Waals surface area (Å²) in [6, 6.07) is 10.6. The molecule has 5 nitrogen and oxygen atoms in total. The van der Waals surface area contributed by atoms with Crippen LogP contribution in [-0.4, -0.2) is 17.6 Å². The summed E-state index contributed by atoms with van der Waals surface area (Å²) in [4.78, 5) is 24.1. The van der Waals surface area contributed by atoms with Crippen molar-refractivity contribution in [2.75, 3.05) is 10.6 Å². The smallest absolute Gasteiger partial charge is 0.412 e. The molecular formula is C18H18BrFN2O3. The van der Waals surface area contributed by atoms with E-state index < -0.39 is 23.4 Å². The van der Waals surface area contributed by atoms with Crippen LogP contribution in [0.4, 0.5) is 20.6 Å². The fraction of sp³-hybridized carbons (Fsp3) is 0.222. The highest BCUT2D eigenvalue weighted by Crippen LogP contribution is 2.21. The fourth-order valence-electron chi connectivity index (χ4n) is 1.94. The van der Waals surface area contributed by atoms with Crippen molar-refractivity contribution >= 4 is 39.3 Å². The largest absolute Gasteiger partial charge is 0.444 e. The quantitative estimate of drug-likeness (QED) is 0.734.